The molecule has 0 saturated heterocycles. The van der Waals surface area contributed by atoms with Crippen LogP contribution in [0, 0.1) is 5.92 Å². The third-order valence-electron chi connectivity index (χ3n) is 7.13. The number of hydrogen-bond donors (Lipinski definition) is 1. The van der Waals surface area contributed by atoms with Gasteiger partial charge < -0.3 is 14.4 Å². The van der Waals surface area contributed by atoms with Crippen LogP contribution in [-0.2, 0) is 30.4 Å². The van der Waals surface area contributed by atoms with Crippen molar-refractivity contribution in [3.63, 3.8) is 0 Å². The predicted octanol–water partition coefficient (Wildman–Crippen LogP) is 5.95. The molecule has 1 aliphatic carbocycles. The molecule has 0 spiro atoms. The van der Waals surface area contributed by atoms with Crippen molar-refractivity contribution in [1.82, 2.24) is 4.57 Å². The summed E-state index contributed by atoms with van der Waals surface area (Å²) in [5.41, 5.74) is 0.294. The van der Waals surface area contributed by atoms with Gasteiger partial charge in [-0.15, -0.1) is 0 Å². The number of aryl methyl sites for hydroxylation is 1. The number of hydrogen-bond acceptors (Lipinski definition) is 3. The minimum absolute atomic E-state index is 0.124. The molecule has 1 N–H and O–H groups in total. The highest BCUT2D eigenvalue weighted by atomic mass is 19.4. The standard InChI is InChI=1S/C28H26F3NO4/c29-28(30,31)23-10-9-20(21-7-2-12-32(27(21)35)16-17-4-1-5-17)26(22(23)15-25(33)34)19-8-11-24-18(14-19)6-3-13-36-24/h2,7-12,14,17H,1,3-6,13,15-16H2,(H,33,34). The zero-order valence-electron chi connectivity index (χ0n) is 19.6. The quantitative estimate of drug-likeness (QED) is 0.457. The number of alkyl halides is 3. The fourth-order valence-corrected chi connectivity index (χ4v) is 5.16. The molecule has 5 nitrogen and oxygen atoms in total. The van der Waals surface area contributed by atoms with Crippen molar-refractivity contribution in [3.05, 3.63) is 75.7 Å². The fourth-order valence-electron chi connectivity index (χ4n) is 5.16. The van der Waals surface area contributed by atoms with Crippen LogP contribution in [0.3, 0.4) is 0 Å². The first-order chi connectivity index (χ1) is 17.2. The van der Waals surface area contributed by atoms with Gasteiger partial charge in [-0.25, -0.2) is 0 Å². The highest BCUT2D eigenvalue weighted by Gasteiger charge is 2.36. The van der Waals surface area contributed by atoms with E-state index in [4.69, 9.17) is 4.74 Å². The second-order valence-corrected chi connectivity index (χ2v) is 9.53. The van der Waals surface area contributed by atoms with Crippen molar-refractivity contribution < 1.29 is 27.8 Å². The van der Waals surface area contributed by atoms with E-state index in [1.807, 2.05) is 0 Å². The van der Waals surface area contributed by atoms with Crippen LogP contribution < -0.4 is 10.3 Å². The average Bonchev–Trinajstić information content (AvgIpc) is 2.80. The van der Waals surface area contributed by atoms with Crippen LogP contribution in [0.4, 0.5) is 13.2 Å². The summed E-state index contributed by atoms with van der Waals surface area (Å²) in [6.45, 7) is 1.12. The Morgan fingerprint density at radius 1 is 1.08 bits per heavy atom. The van der Waals surface area contributed by atoms with Gasteiger partial charge in [0, 0.05) is 18.3 Å². The SMILES string of the molecule is O=C(O)Cc1c(C(F)(F)F)ccc(-c2cccn(CC3CCC3)c2=O)c1-c1ccc2c(c1)CCCO2. The summed E-state index contributed by atoms with van der Waals surface area (Å²) in [5.74, 6) is -0.301. The zero-order valence-corrected chi connectivity index (χ0v) is 19.6. The summed E-state index contributed by atoms with van der Waals surface area (Å²) in [5, 5.41) is 9.56. The summed E-state index contributed by atoms with van der Waals surface area (Å²) in [4.78, 5) is 25.2. The van der Waals surface area contributed by atoms with Gasteiger partial charge in [-0.1, -0.05) is 18.6 Å². The van der Waals surface area contributed by atoms with Gasteiger partial charge in [0.25, 0.3) is 5.56 Å². The molecule has 0 atom stereocenters. The van der Waals surface area contributed by atoms with Gasteiger partial charge in [-0.2, -0.15) is 13.2 Å². The van der Waals surface area contributed by atoms with Gasteiger partial charge in [0.05, 0.1) is 18.6 Å². The molecule has 0 bridgehead atoms. The Morgan fingerprint density at radius 3 is 2.58 bits per heavy atom. The lowest BCUT2D eigenvalue weighted by atomic mass is 9.84. The summed E-state index contributed by atoms with van der Waals surface area (Å²) in [6.07, 6.45) is 0.810. The largest absolute Gasteiger partial charge is 0.493 e. The Bertz CT molecular complexity index is 1370. The summed E-state index contributed by atoms with van der Waals surface area (Å²) in [7, 11) is 0. The molecule has 3 aromatic rings. The molecule has 1 aromatic heterocycles. The van der Waals surface area contributed by atoms with Gasteiger partial charge in [0.15, 0.2) is 0 Å². The van der Waals surface area contributed by atoms with E-state index in [1.54, 1.807) is 41.1 Å². The molecule has 36 heavy (non-hydrogen) atoms. The molecule has 2 aliphatic rings. The van der Waals surface area contributed by atoms with E-state index >= 15 is 0 Å². The first-order valence-electron chi connectivity index (χ1n) is 12.1. The maximum Gasteiger partial charge on any atom is 0.416 e. The third kappa shape index (κ3) is 4.64. The number of pyridine rings is 1. The number of carboxylic acids is 1. The number of fused-ring (bicyclic) bond motifs is 1. The van der Waals surface area contributed by atoms with E-state index in [9.17, 15) is 27.9 Å². The smallest absolute Gasteiger partial charge is 0.416 e. The molecular formula is C28H26F3NO4. The van der Waals surface area contributed by atoms with Crippen LogP contribution in [0.15, 0.2) is 53.5 Å². The van der Waals surface area contributed by atoms with Gasteiger partial charge >= 0.3 is 12.1 Å². The number of halogens is 3. The molecule has 188 valence electrons. The van der Waals surface area contributed by atoms with Crippen molar-refractivity contribution in [2.24, 2.45) is 5.92 Å². The molecule has 1 saturated carbocycles. The number of carbonyl (C=O) groups is 1. The average molecular weight is 498 g/mol. The fraction of sp³-hybridized carbons (Fsp3) is 0.357. The van der Waals surface area contributed by atoms with Crippen molar-refractivity contribution in [2.75, 3.05) is 6.61 Å². The van der Waals surface area contributed by atoms with Crippen LogP contribution in [-0.4, -0.2) is 22.2 Å². The predicted molar refractivity (Wildman–Crippen MR) is 129 cm³/mol. The number of ether oxygens (including phenoxy) is 1. The number of benzene rings is 2. The molecule has 0 unspecified atom stereocenters. The van der Waals surface area contributed by atoms with Crippen molar-refractivity contribution in [3.8, 4) is 28.0 Å². The Labute approximate surface area is 206 Å². The Kier molecular flexibility index (Phi) is 6.36. The lowest BCUT2D eigenvalue weighted by Gasteiger charge is -2.26. The molecule has 1 aliphatic heterocycles. The Balaban J connectivity index is 1.76. The van der Waals surface area contributed by atoms with E-state index in [-0.39, 0.29) is 22.2 Å². The second kappa shape index (κ2) is 9.48. The summed E-state index contributed by atoms with van der Waals surface area (Å²) >= 11 is 0. The van der Waals surface area contributed by atoms with E-state index in [0.717, 1.165) is 37.3 Å². The number of rotatable bonds is 6. The number of aromatic nitrogens is 1. The number of aliphatic carboxylic acids is 1. The molecule has 8 heteroatoms. The number of nitrogens with zero attached hydrogens (tertiary/aromatic N) is 1. The molecule has 2 heterocycles. The van der Waals surface area contributed by atoms with Gasteiger partial charge in [-0.3, -0.25) is 9.59 Å². The van der Waals surface area contributed by atoms with Crippen molar-refractivity contribution in [2.45, 2.75) is 51.2 Å². The Morgan fingerprint density at radius 2 is 1.89 bits per heavy atom. The first kappa shape index (κ1) is 24.2. The van der Waals surface area contributed by atoms with Crippen molar-refractivity contribution in [1.29, 1.82) is 0 Å². The van der Waals surface area contributed by atoms with E-state index < -0.39 is 24.1 Å². The molecule has 1 fully saturated rings. The first-order valence-corrected chi connectivity index (χ1v) is 12.1. The van der Waals surface area contributed by atoms with E-state index in [2.05, 4.69) is 0 Å². The highest BCUT2D eigenvalue weighted by molar-refractivity contribution is 5.89. The van der Waals surface area contributed by atoms with E-state index in [1.165, 1.54) is 6.07 Å². The molecule has 2 aromatic carbocycles. The van der Waals surface area contributed by atoms with Crippen LogP contribution >= 0.6 is 0 Å². The lowest BCUT2D eigenvalue weighted by molar-refractivity contribution is -0.139. The maximum absolute atomic E-state index is 14.1. The molecular weight excluding hydrogens is 471 g/mol. The summed E-state index contributed by atoms with van der Waals surface area (Å²) < 4.78 is 49.4. The minimum atomic E-state index is -4.75. The second-order valence-electron chi connectivity index (χ2n) is 9.53. The van der Waals surface area contributed by atoms with Crippen molar-refractivity contribution >= 4 is 5.97 Å². The highest BCUT2D eigenvalue weighted by Crippen LogP contribution is 2.43. The van der Waals surface area contributed by atoms with Crippen LogP contribution in [0.25, 0.3) is 22.3 Å². The molecule has 0 amide bonds. The van der Waals surface area contributed by atoms with E-state index in [0.29, 0.717) is 42.4 Å². The monoisotopic (exact) mass is 497 g/mol. The van der Waals surface area contributed by atoms with Gasteiger partial charge in [0.2, 0.25) is 0 Å². The number of carboxylic acid groups (broad SMARTS) is 1. The van der Waals surface area contributed by atoms with Crippen LogP contribution in [0.1, 0.15) is 42.4 Å². The topological polar surface area (TPSA) is 68.5 Å². The Hall–Kier alpha value is -3.55. The maximum atomic E-state index is 14.1. The van der Waals surface area contributed by atoms with Crippen LogP contribution in [0.5, 0.6) is 5.75 Å². The zero-order chi connectivity index (χ0) is 25.4. The minimum Gasteiger partial charge on any atom is -0.493 e. The molecule has 0 radical (unpaired) electrons. The lowest BCUT2D eigenvalue weighted by Crippen LogP contribution is -2.27. The van der Waals surface area contributed by atoms with Crippen LogP contribution in [0.2, 0.25) is 0 Å². The van der Waals surface area contributed by atoms with Gasteiger partial charge in [0.1, 0.15) is 5.75 Å². The summed E-state index contributed by atoms with van der Waals surface area (Å²) in [6, 6.07) is 10.6. The van der Waals surface area contributed by atoms with Gasteiger partial charge in [-0.05, 0) is 89.8 Å². The normalized spacial score (nSPS) is 15.6. The molecule has 5 rings (SSSR count). The third-order valence-corrected chi connectivity index (χ3v) is 7.13.